The molecule has 0 radical (unpaired) electrons. The third-order valence-corrected chi connectivity index (χ3v) is 4.39. The molecule has 0 bridgehead atoms. The average Bonchev–Trinajstić information content (AvgIpc) is 3.17. The second-order valence-corrected chi connectivity index (χ2v) is 5.46. The Bertz CT molecular complexity index is 398. The lowest BCUT2D eigenvalue weighted by molar-refractivity contribution is 0.246. The van der Waals surface area contributed by atoms with Gasteiger partial charge >= 0.3 is 0 Å². The summed E-state index contributed by atoms with van der Waals surface area (Å²) >= 11 is 0. The summed E-state index contributed by atoms with van der Waals surface area (Å²) in [6, 6.07) is 8.92. The molecular weight excluding hydrogens is 210 g/mol. The highest BCUT2D eigenvalue weighted by Gasteiger charge is 2.40. The van der Waals surface area contributed by atoms with Crippen molar-refractivity contribution in [2.24, 2.45) is 5.41 Å². The van der Waals surface area contributed by atoms with E-state index in [0.717, 1.165) is 18.8 Å². The van der Waals surface area contributed by atoms with Crippen molar-refractivity contribution in [3.63, 3.8) is 0 Å². The minimum absolute atomic E-state index is 0.490. The monoisotopic (exact) mass is 231 g/mol. The first kappa shape index (κ1) is 11.1. The lowest BCUT2D eigenvalue weighted by Gasteiger charge is -2.28. The Balaban J connectivity index is 1.68. The van der Waals surface area contributed by atoms with E-state index < -0.39 is 0 Å². The molecule has 2 aliphatic rings. The molecule has 1 aliphatic heterocycles. The van der Waals surface area contributed by atoms with Crippen molar-refractivity contribution >= 4 is 0 Å². The summed E-state index contributed by atoms with van der Waals surface area (Å²) in [6.45, 7) is 4.32. The van der Waals surface area contributed by atoms with E-state index in [0.29, 0.717) is 11.5 Å². The topological polar surface area (TPSA) is 21.3 Å². The third-order valence-electron chi connectivity index (χ3n) is 4.39. The molecule has 1 saturated carbocycles. The number of nitrogens with one attached hydrogen (secondary N) is 1. The molecule has 1 atom stereocenters. The third kappa shape index (κ3) is 2.19. The second kappa shape index (κ2) is 4.34. The molecule has 1 aliphatic carbocycles. The Labute approximate surface area is 103 Å². The van der Waals surface area contributed by atoms with E-state index >= 15 is 0 Å². The van der Waals surface area contributed by atoms with Gasteiger partial charge in [0.05, 0.1) is 6.61 Å². The number of benzene rings is 1. The molecule has 17 heavy (non-hydrogen) atoms. The predicted molar refractivity (Wildman–Crippen MR) is 69.3 cm³/mol. The Morgan fingerprint density at radius 2 is 2.18 bits per heavy atom. The van der Waals surface area contributed by atoms with Gasteiger partial charge in [0.2, 0.25) is 0 Å². The largest absolute Gasteiger partial charge is 0.493 e. The van der Waals surface area contributed by atoms with Gasteiger partial charge in [-0.3, -0.25) is 0 Å². The van der Waals surface area contributed by atoms with Gasteiger partial charge in [-0.1, -0.05) is 25.1 Å². The van der Waals surface area contributed by atoms with E-state index in [1.54, 1.807) is 0 Å². The zero-order chi connectivity index (χ0) is 11.7. The fraction of sp³-hybridized carbons (Fsp3) is 0.600. The number of ether oxygens (including phenoxy) is 1. The number of rotatable bonds is 4. The summed E-state index contributed by atoms with van der Waals surface area (Å²) < 4.78 is 5.69. The standard InChI is InChI=1S/C15H21NO/c1-2-15(8-9-15)11-16-13-7-10-17-14-6-4-3-5-12(13)14/h3-6,13,16H,2,7-11H2,1H3. The number of fused-ring (bicyclic) bond motifs is 1. The zero-order valence-corrected chi connectivity index (χ0v) is 10.5. The van der Waals surface area contributed by atoms with Crippen molar-refractivity contribution in [3.8, 4) is 5.75 Å². The first-order chi connectivity index (χ1) is 8.33. The molecule has 92 valence electrons. The maximum absolute atomic E-state index is 5.69. The highest BCUT2D eigenvalue weighted by Crippen LogP contribution is 2.48. The van der Waals surface area contributed by atoms with Crippen molar-refractivity contribution in [2.75, 3.05) is 13.2 Å². The van der Waals surface area contributed by atoms with Crippen LogP contribution in [0.5, 0.6) is 5.75 Å². The molecule has 1 unspecified atom stereocenters. The minimum atomic E-state index is 0.490. The van der Waals surface area contributed by atoms with Crippen molar-refractivity contribution in [2.45, 2.75) is 38.6 Å². The first-order valence-electron chi connectivity index (χ1n) is 6.78. The van der Waals surface area contributed by atoms with E-state index in [9.17, 15) is 0 Å². The average molecular weight is 231 g/mol. The molecule has 1 N–H and O–H groups in total. The predicted octanol–water partition coefficient (Wildman–Crippen LogP) is 3.29. The van der Waals surface area contributed by atoms with Gasteiger partial charge in [-0.25, -0.2) is 0 Å². The molecule has 1 heterocycles. The van der Waals surface area contributed by atoms with Crippen LogP contribution >= 0.6 is 0 Å². The van der Waals surface area contributed by atoms with Crippen LogP contribution in [0, 0.1) is 5.41 Å². The fourth-order valence-corrected chi connectivity index (χ4v) is 2.73. The molecule has 3 rings (SSSR count). The molecule has 1 aromatic rings. The lowest BCUT2D eigenvalue weighted by Crippen LogP contribution is -2.31. The van der Waals surface area contributed by atoms with Crippen LogP contribution in [-0.2, 0) is 0 Å². The van der Waals surface area contributed by atoms with Gasteiger partial charge in [-0.2, -0.15) is 0 Å². The molecule has 0 saturated heterocycles. The van der Waals surface area contributed by atoms with Crippen LogP contribution in [-0.4, -0.2) is 13.2 Å². The van der Waals surface area contributed by atoms with E-state index in [2.05, 4.69) is 36.5 Å². The Morgan fingerprint density at radius 3 is 2.94 bits per heavy atom. The minimum Gasteiger partial charge on any atom is -0.493 e. The van der Waals surface area contributed by atoms with Gasteiger partial charge < -0.3 is 10.1 Å². The number of para-hydroxylation sites is 1. The fourth-order valence-electron chi connectivity index (χ4n) is 2.73. The Kier molecular flexibility index (Phi) is 2.83. The van der Waals surface area contributed by atoms with E-state index in [1.165, 1.54) is 31.4 Å². The summed E-state index contributed by atoms with van der Waals surface area (Å²) in [5.74, 6) is 1.07. The molecular formula is C15H21NO. The van der Waals surface area contributed by atoms with Crippen LogP contribution in [0.1, 0.15) is 44.2 Å². The van der Waals surface area contributed by atoms with Crippen molar-refractivity contribution < 1.29 is 4.74 Å². The normalized spacial score (nSPS) is 24.9. The molecule has 1 aromatic carbocycles. The molecule has 2 nitrogen and oxygen atoms in total. The maximum atomic E-state index is 5.69. The zero-order valence-electron chi connectivity index (χ0n) is 10.5. The Hall–Kier alpha value is -1.02. The van der Waals surface area contributed by atoms with Gasteiger partial charge in [0, 0.05) is 24.6 Å². The van der Waals surface area contributed by atoms with Crippen molar-refractivity contribution in [1.29, 1.82) is 0 Å². The quantitative estimate of drug-likeness (QED) is 0.858. The van der Waals surface area contributed by atoms with Crippen LogP contribution < -0.4 is 10.1 Å². The number of hydrogen-bond donors (Lipinski definition) is 1. The van der Waals surface area contributed by atoms with Crippen molar-refractivity contribution in [3.05, 3.63) is 29.8 Å². The molecule has 0 spiro atoms. The van der Waals surface area contributed by atoms with E-state index in [-0.39, 0.29) is 0 Å². The molecule has 1 fully saturated rings. The van der Waals surface area contributed by atoms with Gasteiger partial charge in [0.25, 0.3) is 0 Å². The van der Waals surface area contributed by atoms with Crippen LogP contribution in [0.25, 0.3) is 0 Å². The molecule has 0 amide bonds. The van der Waals surface area contributed by atoms with Gasteiger partial charge in [-0.15, -0.1) is 0 Å². The lowest BCUT2D eigenvalue weighted by atomic mass is 9.98. The van der Waals surface area contributed by atoms with Crippen LogP contribution in [0.2, 0.25) is 0 Å². The summed E-state index contributed by atoms with van der Waals surface area (Å²) in [4.78, 5) is 0. The van der Waals surface area contributed by atoms with Crippen molar-refractivity contribution in [1.82, 2.24) is 5.32 Å². The Morgan fingerprint density at radius 1 is 1.35 bits per heavy atom. The van der Waals surface area contributed by atoms with Crippen LogP contribution in [0.3, 0.4) is 0 Å². The van der Waals surface area contributed by atoms with Gasteiger partial charge in [-0.05, 0) is 30.7 Å². The number of hydrogen-bond acceptors (Lipinski definition) is 2. The molecule has 0 aromatic heterocycles. The SMILES string of the molecule is CCC1(CNC2CCOc3ccccc32)CC1. The smallest absolute Gasteiger partial charge is 0.124 e. The van der Waals surface area contributed by atoms with Crippen LogP contribution in [0.4, 0.5) is 0 Å². The summed E-state index contributed by atoms with van der Waals surface area (Å²) in [5.41, 5.74) is 1.96. The summed E-state index contributed by atoms with van der Waals surface area (Å²) in [7, 11) is 0. The highest BCUT2D eigenvalue weighted by atomic mass is 16.5. The second-order valence-electron chi connectivity index (χ2n) is 5.46. The van der Waals surface area contributed by atoms with Crippen LogP contribution in [0.15, 0.2) is 24.3 Å². The highest BCUT2D eigenvalue weighted by molar-refractivity contribution is 5.37. The van der Waals surface area contributed by atoms with E-state index in [4.69, 9.17) is 4.74 Å². The van der Waals surface area contributed by atoms with Gasteiger partial charge in [0.1, 0.15) is 5.75 Å². The summed E-state index contributed by atoms with van der Waals surface area (Å²) in [6.07, 6.45) is 5.21. The van der Waals surface area contributed by atoms with Gasteiger partial charge in [0.15, 0.2) is 0 Å². The first-order valence-corrected chi connectivity index (χ1v) is 6.78. The summed E-state index contributed by atoms with van der Waals surface area (Å²) in [5, 5.41) is 3.75. The maximum Gasteiger partial charge on any atom is 0.124 e. The molecule has 2 heteroatoms. The van der Waals surface area contributed by atoms with E-state index in [1.807, 2.05) is 0 Å².